The van der Waals surface area contributed by atoms with Gasteiger partial charge in [0, 0.05) is 57.9 Å². The van der Waals surface area contributed by atoms with Crippen LogP contribution in [-0.4, -0.2) is 61.5 Å². The maximum absolute atomic E-state index is 12.4. The number of hydrogen-bond acceptors (Lipinski definition) is 3. The lowest BCUT2D eigenvalue weighted by Crippen LogP contribution is -2.47. The molecule has 1 amide bonds. The fourth-order valence-corrected chi connectivity index (χ4v) is 3.70. The second-order valence-corrected chi connectivity index (χ2v) is 7.00. The molecule has 2 aliphatic rings. The van der Waals surface area contributed by atoms with Crippen LogP contribution >= 0.6 is 0 Å². The highest BCUT2D eigenvalue weighted by atomic mass is 16.2. The smallest absolute Gasteiger partial charge is 0.223 e. The Kier molecular flexibility index (Phi) is 5.55. The first kappa shape index (κ1) is 16.3. The summed E-state index contributed by atoms with van der Waals surface area (Å²) in [5.74, 6) is 1.02. The molecule has 0 spiro atoms. The van der Waals surface area contributed by atoms with Gasteiger partial charge in [-0.2, -0.15) is 0 Å². The van der Waals surface area contributed by atoms with Gasteiger partial charge in [-0.15, -0.1) is 0 Å². The van der Waals surface area contributed by atoms with E-state index >= 15 is 0 Å². The molecule has 1 aromatic rings. The zero-order chi connectivity index (χ0) is 16.1. The van der Waals surface area contributed by atoms with Crippen LogP contribution in [0, 0.1) is 5.92 Å². The van der Waals surface area contributed by atoms with Gasteiger partial charge in [0.05, 0.1) is 0 Å². The van der Waals surface area contributed by atoms with E-state index in [0.717, 1.165) is 45.8 Å². The van der Waals surface area contributed by atoms with E-state index in [9.17, 15) is 4.79 Å². The largest absolute Gasteiger partial charge is 0.369 e. The molecule has 0 saturated carbocycles. The lowest BCUT2D eigenvalue weighted by Gasteiger charge is -2.36. The molecular formula is C19H29N3O. The number of hydrogen-bond donors (Lipinski definition) is 0. The van der Waals surface area contributed by atoms with E-state index in [1.54, 1.807) is 0 Å². The Morgan fingerprint density at radius 2 is 1.83 bits per heavy atom. The van der Waals surface area contributed by atoms with Crippen molar-refractivity contribution in [1.82, 2.24) is 9.80 Å². The average Bonchev–Trinajstić information content (AvgIpc) is 2.61. The summed E-state index contributed by atoms with van der Waals surface area (Å²) in [6, 6.07) is 10.6. The number of carbonyl (C=O) groups excluding carboxylic acids is 1. The zero-order valence-corrected chi connectivity index (χ0v) is 14.3. The van der Waals surface area contributed by atoms with Crippen molar-refractivity contribution in [3.8, 4) is 0 Å². The Morgan fingerprint density at radius 3 is 2.52 bits per heavy atom. The number of anilines is 1. The van der Waals surface area contributed by atoms with Gasteiger partial charge in [-0.25, -0.2) is 0 Å². The van der Waals surface area contributed by atoms with Gasteiger partial charge in [0.2, 0.25) is 5.91 Å². The van der Waals surface area contributed by atoms with Crippen LogP contribution in [0.5, 0.6) is 0 Å². The van der Waals surface area contributed by atoms with Crippen molar-refractivity contribution in [3.63, 3.8) is 0 Å². The van der Waals surface area contributed by atoms with Gasteiger partial charge in [-0.05, 0) is 30.9 Å². The molecule has 0 radical (unpaired) electrons. The van der Waals surface area contributed by atoms with Crippen molar-refractivity contribution < 1.29 is 4.79 Å². The Hall–Kier alpha value is -1.55. The van der Waals surface area contributed by atoms with Crippen LogP contribution in [0.15, 0.2) is 30.3 Å². The summed E-state index contributed by atoms with van der Waals surface area (Å²) in [6.45, 7) is 9.30. The van der Waals surface area contributed by atoms with Gasteiger partial charge < -0.3 is 9.80 Å². The minimum Gasteiger partial charge on any atom is -0.369 e. The van der Waals surface area contributed by atoms with E-state index in [4.69, 9.17) is 0 Å². The Labute approximate surface area is 140 Å². The van der Waals surface area contributed by atoms with E-state index in [0.29, 0.717) is 18.2 Å². The van der Waals surface area contributed by atoms with Crippen molar-refractivity contribution in [2.45, 2.75) is 26.2 Å². The van der Waals surface area contributed by atoms with Crippen molar-refractivity contribution in [3.05, 3.63) is 30.3 Å². The third kappa shape index (κ3) is 4.47. The van der Waals surface area contributed by atoms with Crippen molar-refractivity contribution >= 4 is 11.6 Å². The van der Waals surface area contributed by atoms with Crippen molar-refractivity contribution in [2.75, 3.05) is 50.7 Å². The average molecular weight is 315 g/mol. The predicted molar refractivity (Wildman–Crippen MR) is 94.7 cm³/mol. The van der Waals surface area contributed by atoms with Gasteiger partial charge in [0.15, 0.2) is 0 Å². The van der Waals surface area contributed by atoms with Crippen molar-refractivity contribution in [1.29, 1.82) is 0 Å². The highest BCUT2D eigenvalue weighted by Gasteiger charge is 2.22. The molecule has 126 valence electrons. The molecule has 0 N–H and O–H groups in total. The minimum atomic E-state index is 0.349. The fourth-order valence-electron chi connectivity index (χ4n) is 3.70. The Morgan fingerprint density at radius 1 is 1.09 bits per heavy atom. The van der Waals surface area contributed by atoms with Gasteiger partial charge in [0.1, 0.15) is 0 Å². The zero-order valence-electron chi connectivity index (χ0n) is 14.3. The van der Waals surface area contributed by atoms with Crippen LogP contribution in [0.1, 0.15) is 26.2 Å². The maximum atomic E-state index is 12.4. The Bertz CT molecular complexity index is 497. The van der Waals surface area contributed by atoms with Crippen LogP contribution < -0.4 is 4.90 Å². The highest BCUT2D eigenvalue weighted by molar-refractivity contribution is 5.76. The molecule has 2 heterocycles. The monoisotopic (exact) mass is 315 g/mol. The van der Waals surface area contributed by atoms with E-state index in [1.807, 2.05) is 0 Å². The molecular weight excluding hydrogens is 286 g/mol. The summed E-state index contributed by atoms with van der Waals surface area (Å²) in [5.41, 5.74) is 1.31. The summed E-state index contributed by atoms with van der Waals surface area (Å²) in [5, 5.41) is 0. The lowest BCUT2D eigenvalue weighted by molar-refractivity contribution is -0.133. The highest BCUT2D eigenvalue weighted by Crippen LogP contribution is 2.17. The third-order valence-electron chi connectivity index (χ3n) is 5.15. The number of nitrogens with zero attached hydrogens (tertiary/aromatic N) is 3. The number of likely N-dealkylation sites (tertiary alicyclic amines) is 1. The number of benzene rings is 1. The number of rotatable bonds is 4. The molecule has 4 nitrogen and oxygen atoms in total. The SMILES string of the molecule is CC1CCCN(C(=O)CCN2CCN(c3ccccc3)CC2)C1. The van der Waals surface area contributed by atoms with E-state index in [1.165, 1.54) is 18.5 Å². The van der Waals surface area contributed by atoms with Crippen molar-refractivity contribution in [2.24, 2.45) is 5.92 Å². The number of piperazine rings is 1. The van der Waals surface area contributed by atoms with Gasteiger partial charge >= 0.3 is 0 Å². The second-order valence-electron chi connectivity index (χ2n) is 7.00. The van der Waals surface area contributed by atoms with E-state index in [-0.39, 0.29) is 0 Å². The summed E-state index contributed by atoms with van der Waals surface area (Å²) < 4.78 is 0. The van der Waals surface area contributed by atoms with Crippen LogP contribution in [0.2, 0.25) is 0 Å². The third-order valence-corrected chi connectivity index (χ3v) is 5.15. The normalized spacial score (nSPS) is 23.1. The van der Waals surface area contributed by atoms with Gasteiger partial charge in [0.25, 0.3) is 0 Å². The molecule has 3 rings (SSSR count). The van der Waals surface area contributed by atoms with Crippen LogP contribution in [0.3, 0.4) is 0 Å². The molecule has 1 aromatic carbocycles. The maximum Gasteiger partial charge on any atom is 0.223 e. The van der Waals surface area contributed by atoms with Crippen LogP contribution in [0.25, 0.3) is 0 Å². The summed E-state index contributed by atoms with van der Waals surface area (Å²) in [6.07, 6.45) is 3.12. The van der Waals surface area contributed by atoms with E-state index in [2.05, 4.69) is 52.0 Å². The number of piperidine rings is 1. The molecule has 1 atom stereocenters. The summed E-state index contributed by atoms with van der Waals surface area (Å²) >= 11 is 0. The number of carbonyl (C=O) groups is 1. The van der Waals surface area contributed by atoms with E-state index < -0.39 is 0 Å². The topological polar surface area (TPSA) is 26.8 Å². The summed E-state index contributed by atoms with van der Waals surface area (Å²) in [4.78, 5) is 19.3. The minimum absolute atomic E-state index is 0.349. The first-order chi connectivity index (χ1) is 11.2. The van der Waals surface area contributed by atoms with Crippen LogP contribution in [0.4, 0.5) is 5.69 Å². The molecule has 4 heteroatoms. The lowest BCUT2D eigenvalue weighted by atomic mass is 10.00. The van der Waals surface area contributed by atoms with Gasteiger partial charge in [-0.3, -0.25) is 9.69 Å². The molecule has 0 aliphatic carbocycles. The molecule has 23 heavy (non-hydrogen) atoms. The van der Waals surface area contributed by atoms with Gasteiger partial charge in [-0.1, -0.05) is 25.1 Å². The molecule has 2 fully saturated rings. The molecule has 2 aliphatic heterocycles. The first-order valence-corrected chi connectivity index (χ1v) is 9.02. The summed E-state index contributed by atoms with van der Waals surface area (Å²) in [7, 11) is 0. The molecule has 1 unspecified atom stereocenters. The first-order valence-electron chi connectivity index (χ1n) is 9.02. The fraction of sp³-hybridized carbons (Fsp3) is 0.632. The molecule has 0 bridgehead atoms. The number of para-hydroxylation sites is 1. The quantitative estimate of drug-likeness (QED) is 0.854. The van der Waals surface area contributed by atoms with Crippen LogP contribution in [-0.2, 0) is 4.79 Å². The predicted octanol–water partition coefficient (Wildman–Crippen LogP) is 2.46. The molecule has 0 aromatic heterocycles. The Balaban J connectivity index is 1.40. The number of amides is 1. The molecule has 2 saturated heterocycles. The standard InChI is InChI=1S/C19H29N3O/c1-17-6-5-10-22(16-17)19(23)9-11-20-12-14-21(15-13-20)18-7-3-2-4-8-18/h2-4,7-8,17H,5-6,9-16H2,1H3. The second kappa shape index (κ2) is 7.82.